The Balaban J connectivity index is 1.72. The van der Waals surface area contributed by atoms with Gasteiger partial charge < -0.3 is 10.1 Å². The fourth-order valence-electron chi connectivity index (χ4n) is 2.11. The molecule has 0 fully saturated rings. The molecule has 3 aromatic rings. The number of amides is 1. The van der Waals surface area contributed by atoms with Gasteiger partial charge in [-0.3, -0.25) is 4.79 Å². The molecule has 0 bridgehead atoms. The van der Waals surface area contributed by atoms with Gasteiger partial charge in [0.2, 0.25) is 0 Å². The largest absolute Gasteiger partial charge is 0.490 e. The second-order valence-corrected chi connectivity index (χ2v) is 5.95. The van der Waals surface area contributed by atoms with E-state index in [0.29, 0.717) is 11.6 Å². The number of para-hydroxylation sites is 1. The lowest BCUT2D eigenvalue weighted by atomic mass is 10.2. The number of anilines is 1. The average Bonchev–Trinajstić information content (AvgIpc) is 3.12. The van der Waals surface area contributed by atoms with Crippen LogP contribution >= 0.6 is 11.3 Å². The van der Waals surface area contributed by atoms with Crippen LogP contribution in [0.15, 0.2) is 66.6 Å². The molecule has 0 radical (unpaired) electrons. The Morgan fingerprint density at radius 2 is 2.00 bits per heavy atom. The monoisotopic (exact) mass is 354 g/mol. The van der Waals surface area contributed by atoms with Crippen LogP contribution in [0.5, 0.6) is 5.75 Å². The van der Waals surface area contributed by atoms with Gasteiger partial charge in [-0.25, -0.2) is 9.37 Å². The fraction of sp³-hybridized carbons (Fsp3) is 0.0526. The van der Waals surface area contributed by atoms with Crippen molar-refractivity contribution in [3.8, 4) is 16.3 Å². The fourth-order valence-corrected chi connectivity index (χ4v) is 2.91. The van der Waals surface area contributed by atoms with E-state index in [1.54, 1.807) is 23.6 Å². The molecule has 126 valence electrons. The number of carbonyl (C=O) groups excluding carboxylic acids is 1. The summed E-state index contributed by atoms with van der Waals surface area (Å²) in [5.41, 5.74) is 1.25. The number of carbonyl (C=O) groups is 1. The normalized spacial score (nSPS) is 10.3. The number of ether oxygens (including phenoxy) is 1. The van der Waals surface area contributed by atoms with E-state index in [1.807, 2.05) is 24.3 Å². The molecule has 0 saturated carbocycles. The van der Waals surface area contributed by atoms with Crippen LogP contribution in [0.3, 0.4) is 0 Å². The van der Waals surface area contributed by atoms with Gasteiger partial charge in [-0.2, -0.15) is 0 Å². The molecule has 3 rings (SSSR count). The van der Waals surface area contributed by atoms with Crippen molar-refractivity contribution in [2.45, 2.75) is 0 Å². The first-order valence-corrected chi connectivity index (χ1v) is 8.41. The van der Waals surface area contributed by atoms with Gasteiger partial charge in [0.05, 0.1) is 5.69 Å². The van der Waals surface area contributed by atoms with Gasteiger partial charge in [-0.05, 0) is 36.4 Å². The minimum atomic E-state index is -0.485. The highest BCUT2D eigenvalue weighted by Crippen LogP contribution is 2.26. The summed E-state index contributed by atoms with van der Waals surface area (Å²) in [4.78, 5) is 16.5. The van der Waals surface area contributed by atoms with Crippen LogP contribution in [0.2, 0.25) is 0 Å². The first kappa shape index (κ1) is 16.9. The van der Waals surface area contributed by atoms with Crippen molar-refractivity contribution in [1.29, 1.82) is 0 Å². The number of nitrogens with zero attached hydrogens (tertiary/aromatic N) is 1. The van der Waals surface area contributed by atoms with E-state index in [4.69, 9.17) is 4.74 Å². The Morgan fingerprint density at radius 3 is 2.72 bits per heavy atom. The van der Waals surface area contributed by atoms with Gasteiger partial charge in [-0.1, -0.05) is 24.8 Å². The molecular formula is C19H15FN2O2S. The van der Waals surface area contributed by atoms with E-state index in [2.05, 4.69) is 16.9 Å². The summed E-state index contributed by atoms with van der Waals surface area (Å²) in [6, 6.07) is 13.4. The second kappa shape index (κ2) is 7.72. The molecular weight excluding hydrogens is 339 g/mol. The summed E-state index contributed by atoms with van der Waals surface area (Å²) >= 11 is 1.35. The van der Waals surface area contributed by atoms with Gasteiger partial charge in [0.25, 0.3) is 5.91 Å². The van der Waals surface area contributed by atoms with Crippen LogP contribution in [0.1, 0.15) is 10.5 Å². The first-order valence-electron chi connectivity index (χ1n) is 7.53. The highest BCUT2D eigenvalue weighted by molar-refractivity contribution is 7.13. The SMILES string of the molecule is C=CCOc1ccc(-c2nc(C(=O)Nc3ccccc3F)cs2)cc1. The summed E-state index contributed by atoms with van der Waals surface area (Å²) in [5, 5.41) is 4.87. The predicted molar refractivity (Wildman–Crippen MR) is 97.6 cm³/mol. The Morgan fingerprint density at radius 1 is 1.24 bits per heavy atom. The Hall–Kier alpha value is -2.99. The van der Waals surface area contributed by atoms with Crippen LogP contribution in [0, 0.1) is 5.82 Å². The molecule has 0 saturated heterocycles. The zero-order chi connectivity index (χ0) is 17.6. The summed E-state index contributed by atoms with van der Waals surface area (Å²) in [7, 11) is 0. The Labute approximate surface area is 148 Å². The lowest BCUT2D eigenvalue weighted by Crippen LogP contribution is -2.13. The summed E-state index contributed by atoms with van der Waals surface area (Å²) in [6.45, 7) is 4.04. The number of nitrogens with one attached hydrogen (secondary N) is 1. The van der Waals surface area contributed by atoms with E-state index in [9.17, 15) is 9.18 Å². The maximum Gasteiger partial charge on any atom is 0.275 e. The number of rotatable bonds is 6. The third-order valence-electron chi connectivity index (χ3n) is 3.33. The number of thiazole rings is 1. The Bertz CT molecular complexity index is 890. The van der Waals surface area contributed by atoms with Gasteiger partial charge in [0, 0.05) is 10.9 Å². The van der Waals surface area contributed by atoms with Crippen molar-refractivity contribution >= 4 is 22.9 Å². The van der Waals surface area contributed by atoms with E-state index in [1.165, 1.54) is 23.5 Å². The third-order valence-corrected chi connectivity index (χ3v) is 4.22. The highest BCUT2D eigenvalue weighted by atomic mass is 32.1. The maximum atomic E-state index is 13.6. The maximum absolute atomic E-state index is 13.6. The topological polar surface area (TPSA) is 51.2 Å². The van der Waals surface area contributed by atoms with E-state index >= 15 is 0 Å². The smallest absolute Gasteiger partial charge is 0.275 e. The summed E-state index contributed by atoms with van der Waals surface area (Å²) < 4.78 is 19.0. The van der Waals surface area contributed by atoms with Crippen LogP contribution < -0.4 is 10.1 Å². The molecule has 1 N–H and O–H groups in total. The number of hydrogen-bond acceptors (Lipinski definition) is 4. The third kappa shape index (κ3) is 4.10. The lowest BCUT2D eigenvalue weighted by Gasteiger charge is -2.04. The standard InChI is InChI=1S/C19H15FN2O2S/c1-2-11-24-14-9-7-13(8-10-14)19-22-17(12-25-19)18(23)21-16-6-4-3-5-15(16)20/h2-10,12H,1,11H2,(H,21,23). The van der Waals surface area contributed by atoms with Crippen LogP contribution in [-0.2, 0) is 0 Å². The number of benzene rings is 2. The lowest BCUT2D eigenvalue weighted by molar-refractivity contribution is 0.102. The number of aromatic nitrogens is 1. The summed E-state index contributed by atoms with van der Waals surface area (Å²) in [5.74, 6) is -0.197. The molecule has 0 spiro atoms. The van der Waals surface area contributed by atoms with Gasteiger partial charge in [0.1, 0.15) is 28.9 Å². The van der Waals surface area contributed by atoms with E-state index < -0.39 is 11.7 Å². The molecule has 0 aliphatic rings. The van der Waals surface area contributed by atoms with Crippen molar-refractivity contribution in [2.75, 3.05) is 11.9 Å². The molecule has 0 aliphatic heterocycles. The molecule has 1 amide bonds. The van der Waals surface area contributed by atoms with Gasteiger partial charge in [0.15, 0.2) is 0 Å². The molecule has 1 heterocycles. The number of hydrogen-bond donors (Lipinski definition) is 1. The minimum Gasteiger partial charge on any atom is -0.490 e. The van der Waals surface area contributed by atoms with Gasteiger partial charge >= 0.3 is 0 Å². The molecule has 25 heavy (non-hydrogen) atoms. The molecule has 0 atom stereocenters. The van der Waals surface area contributed by atoms with Crippen molar-refractivity contribution < 1.29 is 13.9 Å². The van der Waals surface area contributed by atoms with Gasteiger partial charge in [-0.15, -0.1) is 11.3 Å². The van der Waals surface area contributed by atoms with E-state index in [-0.39, 0.29) is 11.4 Å². The summed E-state index contributed by atoms with van der Waals surface area (Å²) in [6.07, 6.45) is 1.68. The van der Waals surface area contributed by atoms with Crippen molar-refractivity contribution in [3.63, 3.8) is 0 Å². The van der Waals surface area contributed by atoms with E-state index in [0.717, 1.165) is 11.3 Å². The van der Waals surface area contributed by atoms with Crippen molar-refractivity contribution in [2.24, 2.45) is 0 Å². The molecule has 0 unspecified atom stereocenters. The zero-order valence-electron chi connectivity index (χ0n) is 13.2. The molecule has 1 aromatic heterocycles. The molecule has 6 heteroatoms. The molecule has 0 aliphatic carbocycles. The van der Waals surface area contributed by atoms with Crippen LogP contribution in [0.4, 0.5) is 10.1 Å². The quantitative estimate of drug-likeness (QED) is 0.649. The second-order valence-electron chi connectivity index (χ2n) is 5.10. The molecule has 2 aromatic carbocycles. The van der Waals surface area contributed by atoms with Crippen LogP contribution in [-0.4, -0.2) is 17.5 Å². The Kier molecular flexibility index (Phi) is 5.20. The van der Waals surface area contributed by atoms with Crippen LogP contribution in [0.25, 0.3) is 10.6 Å². The van der Waals surface area contributed by atoms with Crippen molar-refractivity contribution in [3.05, 3.63) is 78.1 Å². The minimum absolute atomic E-state index is 0.130. The molecule has 4 nitrogen and oxygen atoms in total. The highest BCUT2D eigenvalue weighted by Gasteiger charge is 2.13. The number of halogens is 1. The zero-order valence-corrected chi connectivity index (χ0v) is 14.1. The first-order chi connectivity index (χ1) is 12.2. The predicted octanol–water partition coefficient (Wildman–Crippen LogP) is 4.77. The van der Waals surface area contributed by atoms with Crippen molar-refractivity contribution in [1.82, 2.24) is 4.98 Å². The average molecular weight is 354 g/mol.